The molecule has 0 bridgehead atoms. The molecule has 0 aromatic carbocycles. The topological polar surface area (TPSA) is 42.7 Å². The van der Waals surface area contributed by atoms with Gasteiger partial charge in [0, 0.05) is 20.0 Å². The number of rotatable bonds is 6. The van der Waals surface area contributed by atoms with Gasteiger partial charge in [-0.25, -0.2) is 4.98 Å². The van der Waals surface area contributed by atoms with E-state index in [0.29, 0.717) is 5.41 Å². The van der Waals surface area contributed by atoms with Gasteiger partial charge in [-0.3, -0.25) is 4.68 Å². The molecule has 0 radical (unpaired) electrons. The molecule has 4 nitrogen and oxygen atoms in total. The van der Waals surface area contributed by atoms with E-state index in [0.717, 1.165) is 25.3 Å². The summed E-state index contributed by atoms with van der Waals surface area (Å²) < 4.78 is 1.89. The van der Waals surface area contributed by atoms with Crippen LogP contribution < -0.4 is 5.32 Å². The summed E-state index contributed by atoms with van der Waals surface area (Å²) in [4.78, 5) is 4.29. The van der Waals surface area contributed by atoms with Crippen LogP contribution in [0.15, 0.2) is 6.33 Å². The molecule has 4 heteroatoms. The summed E-state index contributed by atoms with van der Waals surface area (Å²) in [6, 6.07) is 0. The molecule has 0 amide bonds. The maximum Gasteiger partial charge on any atom is 0.138 e. The largest absolute Gasteiger partial charge is 0.316 e. The van der Waals surface area contributed by atoms with Gasteiger partial charge in [0.25, 0.3) is 0 Å². The molecule has 15 heavy (non-hydrogen) atoms. The molecule has 2 rings (SSSR count). The Morgan fingerprint density at radius 1 is 1.53 bits per heavy atom. The number of nitrogens with zero attached hydrogens (tertiary/aromatic N) is 3. The van der Waals surface area contributed by atoms with Gasteiger partial charge in [-0.2, -0.15) is 5.10 Å². The lowest BCUT2D eigenvalue weighted by Gasteiger charge is -2.14. The molecule has 0 unspecified atom stereocenters. The molecule has 1 aliphatic rings. The van der Waals surface area contributed by atoms with Gasteiger partial charge in [0.15, 0.2) is 0 Å². The van der Waals surface area contributed by atoms with E-state index in [1.165, 1.54) is 19.3 Å². The second kappa shape index (κ2) is 4.31. The molecule has 0 spiro atoms. The number of aryl methyl sites for hydroxylation is 1. The summed E-state index contributed by atoms with van der Waals surface area (Å²) >= 11 is 0. The molecule has 1 aromatic heterocycles. The van der Waals surface area contributed by atoms with Crippen molar-refractivity contribution in [3.05, 3.63) is 12.2 Å². The minimum Gasteiger partial charge on any atom is -0.316 e. The van der Waals surface area contributed by atoms with Crippen molar-refractivity contribution in [3.63, 3.8) is 0 Å². The van der Waals surface area contributed by atoms with E-state index in [9.17, 15) is 0 Å². The van der Waals surface area contributed by atoms with Crippen molar-refractivity contribution in [2.45, 2.75) is 32.6 Å². The summed E-state index contributed by atoms with van der Waals surface area (Å²) in [6.45, 7) is 4.46. The van der Waals surface area contributed by atoms with E-state index < -0.39 is 0 Å². The maximum atomic E-state index is 4.29. The molecule has 1 aromatic rings. The minimum atomic E-state index is 0.482. The molecule has 0 aliphatic heterocycles. The van der Waals surface area contributed by atoms with Crippen LogP contribution in [-0.2, 0) is 13.5 Å². The zero-order valence-electron chi connectivity index (χ0n) is 9.66. The van der Waals surface area contributed by atoms with Crippen LogP contribution >= 0.6 is 0 Å². The van der Waals surface area contributed by atoms with E-state index in [2.05, 4.69) is 22.3 Å². The van der Waals surface area contributed by atoms with Crippen molar-refractivity contribution in [2.75, 3.05) is 13.1 Å². The highest BCUT2D eigenvalue weighted by Crippen LogP contribution is 2.47. The second-order valence-corrected chi connectivity index (χ2v) is 4.65. The van der Waals surface area contributed by atoms with Crippen LogP contribution in [0.5, 0.6) is 0 Å². The van der Waals surface area contributed by atoms with Crippen LogP contribution in [0.25, 0.3) is 0 Å². The fourth-order valence-corrected chi connectivity index (χ4v) is 1.94. The van der Waals surface area contributed by atoms with E-state index in [1.54, 1.807) is 6.33 Å². The zero-order chi connectivity index (χ0) is 10.7. The van der Waals surface area contributed by atoms with Crippen LogP contribution in [0.1, 0.15) is 32.0 Å². The molecule has 0 atom stereocenters. The quantitative estimate of drug-likeness (QED) is 0.713. The highest BCUT2D eigenvalue weighted by Gasteiger charge is 2.42. The van der Waals surface area contributed by atoms with Gasteiger partial charge in [0.05, 0.1) is 0 Å². The van der Waals surface area contributed by atoms with Gasteiger partial charge in [-0.1, -0.05) is 6.92 Å². The van der Waals surface area contributed by atoms with E-state index in [-0.39, 0.29) is 0 Å². The molecule has 1 fully saturated rings. The first-order valence-electron chi connectivity index (χ1n) is 5.79. The number of hydrogen-bond donors (Lipinski definition) is 1. The summed E-state index contributed by atoms with van der Waals surface area (Å²) in [5.74, 6) is 1.12. The molecule has 1 aliphatic carbocycles. The summed E-state index contributed by atoms with van der Waals surface area (Å²) in [6.07, 6.45) is 6.58. The lowest BCUT2D eigenvalue weighted by molar-refractivity contribution is 0.437. The molecule has 1 N–H and O–H groups in total. The third-order valence-electron chi connectivity index (χ3n) is 3.22. The summed E-state index contributed by atoms with van der Waals surface area (Å²) in [7, 11) is 1.97. The summed E-state index contributed by atoms with van der Waals surface area (Å²) in [5.41, 5.74) is 0.482. The molecule has 84 valence electrons. The molecule has 1 heterocycles. The first-order chi connectivity index (χ1) is 7.26. The van der Waals surface area contributed by atoms with E-state index in [1.807, 2.05) is 11.7 Å². The molecular formula is C11H20N4. The normalized spacial score (nSPS) is 18.0. The van der Waals surface area contributed by atoms with Crippen molar-refractivity contribution in [2.24, 2.45) is 12.5 Å². The third kappa shape index (κ3) is 2.56. The van der Waals surface area contributed by atoms with Crippen molar-refractivity contribution < 1.29 is 0 Å². The predicted molar refractivity (Wildman–Crippen MR) is 59.5 cm³/mol. The molecule has 0 saturated heterocycles. The standard InChI is InChI=1S/C11H20N4/c1-3-6-12-8-11(4-5-11)7-10-13-9-14-15(10)2/h9,12H,3-8H2,1-2H3. The third-order valence-corrected chi connectivity index (χ3v) is 3.22. The highest BCUT2D eigenvalue weighted by atomic mass is 15.3. The maximum absolute atomic E-state index is 4.29. The highest BCUT2D eigenvalue weighted by molar-refractivity contribution is 5.02. The monoisotopic (exact) mass is 208 g/mol. The Morgan fingerprint density at radius 2 is 2.33 bits per heavy atom. The van der Waals surface area contributed by atoms with Crippen molar-refractivity contribution in [1.82, 2.24) is 20.1 Å². The average Bonchev–Trinajstić information content (AvgIpc) is 2.86. The smallest absolute Gasteiger partial charge is 0.138 e. The van der Waals surface area contributed by atoms with Gasteiger partial charge in [0.2, 0.25) is 0 Å². The van der Waals surface area contributed by atoms with Gasteiger partial charge in [-0.05, 0) is 31.2 Å². The number of hydrogen-bond acceptors (Lipinski definition) is 3. The average molecular weight is 208 g/mol. The minimum absolute atomic E-state index is 0.482. The van der Waals surface area contributed by atoms with Gasteiger partial charge in [-0.15, -0.1) is 0 Å². The Bertz CT molecular complexity index is 314. The van der Waals surface area contributed by atoms with E-state index >= 15 is 0 Å². The number of nitrogens with one attached hydrogen (secondary N) is 1. The van der Waals surface area contributed by atoms with Gasteiger partial charge < -0.3 is 5.32 Å². The van der Waals surface area contributed by atoms with Crippen molar-refractivity contribution in [1.29, 1.82) is 0 Å². The van der Waals surface area contributed by atoms with E-state index in [4.69, 9.17) is 0 Å². The Balaban J connectivity index is 1.86. The van der Waals surface area contributed by atoms with Crippen LogP contribution in [0, 0.1) is 5.41 Å². The van der Waals surface area contributed by atoms with Crippen molar-refractivity contribution in [3.8, 4) is 0 Å². The van der Waals surface area contributed by atoms with Crippen molar-refractivity contribution >= 4 is 0 Å². The predicted octanol–water partition coefficient (Wildman–Crippen LogP) is 1.14. The molecule has 1 saturated carbocycles. The van der Waals surface area contributed by atoms with Crippen LogP contribution in [0.4, 0.5) is 0 Å². The number of aromatic nitrogens is 3. The Morgan fingerprint density at radius 3 is 2.87 bits per heavy atom. The van der Waals surface area contributed by atoms with Crippen LogP contribution in [-0.4, -0.2) is 27.9 Å². The first kappa shape index (κ1) is 10.6. The lowest BCUT2D eigenvalue weighted by Crippen LogP contribution is -2.27. The fraction of sp³-hybridized carbons (Fsp3) is 0.818. The Kier molecular flexibility index (Phi) is 3.05. The summed E-state index contributed by atoms with van der Waals surface area (Å²) in [5, 5.41) is 7.62. The van der Waals surface area contributed by atoms with Gasteiger partial charge >= 0.3 is 0 Å². The first-order valence-corrected chi connectivity index (χ1v) is 5.79. The van der Waals surface area contributed by atoms with Crippen LogP contribution in [0.3, 0.4) is 0 Å². The van der Waals surface area contributed by atoms with Gasteiger partial charge in [0.1, 0.15) is 12.2 Å². The Hall–Kier alpha value is -0.900. The lowest BCUT2D eigenvalue weighted by atomic mass is 10.0. The fourth-order valence-electron chi connectivity index (χ4n) is 1.94. The SMILES string of the molecule is CCCNCC1(Cc2ncnn2C)CC1. The second-order valence-electron chi connectivity index (χ2n) is 4.65. The zero-order valence-corrected chi connectivity index (χ0v) is 9.66. The Labute approximate surface area is 91.1 Å². The van der Waals surface area contributed by atoms with Crippen LogP contribution in [0.2, 0.25) is 0 Å². The molecular weight excluding hydrogens is 188 g/mol.